The molecule has 246 valence electrons. The van der Waals surface area contributed by atoms with Crippen LogP contribution in [-0.4, -0.2) is 51.0 Å². The van der Waals surface area contributed by atoms with Crippen molar-refractivity contribution in [2.24, 2.45) is 0 Å². The SMILES string of the molecule is CC(C)(C)OC(=O)N1Cc2ccccc2C[C@@H]1CN(Cc1ccc(CNC2CCC(F)(F)CC2)cc1)[C@H]1CCCc2cccnc21. The van der Waals surface area contributed by atoms with Crippen molar-refractivity contribution < 1.29 is 18.3 Å². The molecule has 1 aliphatic heterocycles. The fraction of sp³-hybridized carbons (Fsp3) is 0.526. The molecule has 1 N–H and O–H groups in total. The average molecular weight is 631 g/mol. The first-order valence-corrected chi connectivity index (χ1v) is 17.0. The van der Waals surface area contributed by atoms with E-state index in [9.17, 15) is 13.6 Å². The third kappa shape index (κ3) is 8.13. The number of aryl methyl sites for hydroxylation is 1. The second-order valence-corrected chi connectivity index (χ2v) is 14.4. The van der Waals surface area contributed by atoms with Crippen LogP contribution in [0.1, 0.15) is 98.8 Å². The highest BCUT2D eigenvalue weighted by molar-refractivity contribution is 5.69. The molecular weight excluding hydrogens is 582 g/mol. The van der Waals surface area contributed by atoms with Crippen LogP contribution in [0.15, 0.2) is 66.9 Å². The normalized spacial score (nSPS) is 21.5. The maximum atomic E-state index is 13.6. The summed E-state index contributed by atoms with van der Waals surface area (Å²) in [5, 5.41) is 3.49. The average Bonchev–Trinajstić information content (AvgIpc) is 3.03. The van der Waals surface area contributed by atoms with E-state index in [-0.39, 0.29) is 37.1 Å². The van der Waals surface area contributed by atoms with Crippen molar-refractivity contribution in [3.63, 3.8) is 0 Å². The fourth-order valence-corrected chi connectivity index (χ4v) is 7.30. The van der Waals surface area contributed by atoms with Gasteiger partial charge >= 0.3 is 6.09 Å². The van der Waals surface area contributed by atoms with Crippen molar-refractivity contribution in [1.82, 2.24) is 20.1 Å². The molecule has 1 aromatic heterocycles. The monoisotopic (exact) mass is 630 g/mol. The quantitative estimate of drug-likeness (QED) is 0.274. The number of fused-ring (bicyclic) bond motifs is 2. The first kappa shape index (κ1) is 32.6. The molecule has 2 heterocycles. The van der Waals surface area contributed by atoms with E-state index in [0.717, 1.165) is 43.5 Å². The highest BCUT2D eigenvalue weighted by Gasteiger charge is 2.37. The summed E-state index contributed by atoms with van der Waals surface area (Å²) in [6.45, 7) is 8.39. The van der Waals surface area contributed by atoms with Crippen LogP contribution in [0.25, 0.3) is 0 Å². The number of hydrogen-bond acceptors (Lipinski definition) is 5. The third-order valence-corrected chi connectivity index (χ3v) is 9.76. The molecule has 0 saturated heterocycles. The first-order valence-electron chi connectivity index (χ1n) is 17.0. The second-order valence-electron chi connectivity index (χ2n) is 14.4. The summed E-state index contributed by atoms with van der Waals surface area (Å²) < 4.78 is 33.1. The van der Waals surface area contributed by atoms with Crippen LogP contribution in [0.5, 0.6) is 0 Å². The standard InChI is InChI=1S/C38H48F2N4O2/c1-37(2,3)46-36(45)44-25-31-9-5-4-8-30(31)22-33(44)26-43(34-12-6-10-29-11-7-21-41-35(29)34)24-28-15-13-27(14-16-28)23-42-32-17-19-38(39,40)20-18-32/h4-5,7-9,11,13-16,21,32-34,42H,6,10,12,17-20,22-26H2,1-3H3/t33-,34+/m1/s1. The van der Waals surface area contributed by atoms with Gasteiger partial charge in [-0.1, -0.05) is 54.6 Å². The number of benzene rings is 2. The molecule has 1 amide bonds. The molecular formula is C38H48F2N4O2. The van der Waals surface area contributed by atoms with Crippen LogP contribution in [0.2, 0.25) is 0 Å². The number of pyridine rings is 1. The molecule has 2 aliphatic carbocycles. The molecule has 1 fully saturated rings. The summed E-state index contributed by atoms with van der Waals surface area (Å²) in [5.74, 6) is -2.51. The van der Waals surface area contributed by atoms with E-state index in [1.807, 2.05) is 44.0 Å². The van der Waals surface area contributed by atoms with Gasteiger partial charge in [0, 0.05) is 51.3 Å². The van der Waals surface area contributed by atoms with E-state index in [4.69, 9.17) is 9.72 Å². The number of carbonyl (C=O) groups is 1. The Morgan fingerprint density at radius 3 is 2.41 bits per heavy atom. The molecule has 3 aliphatic rings. The number of nitrogens with one attached hydrogen (secondary N) is 1. The molecule has 46 heavy (non-hydrogen) atoms. The van der Waals surface area contributed by atoms with Gasteiger partial charge in [0.2, 0.25) is 5.92 Å². The van der Waals surface area contributed by atoms with Crippen molar-refractivity contribution in [3.8, 4) is 0 Å². The van der Waals surface area contributed by atoms with Crippen LogP contribution in [0, 0.1) is 0 Å². The van der Waals surface area contributed by atoms with Gasteiger partial charge in [0.25, 0.3) is 0 Å². The number of carbonyl (C=O) groups excluding carboxylic acids is 1. The van der Waals surface area contributed by atoms with Crippen LogP contribution < -0.4 is 5.32 Å². The highest BCUT2D eigenvalue weighted by atomic mass is 19.3. The Balaban J connectivity index is 1.22. The molecule has 3 aromatic rings. The van der Waals surface area contributed by atoms with E-state index in [1.165, 1.54) is 22.3 Å². The summed E-state index contributed by atoms with van der Waals surface area (Å²) in [6.07, 6.45) is 6.52. The Labute approximate surface area is 272 Å². The van der Waals surface area contributed by atoms with Crippen molar-refractivity contribution in [3.05, 3.63) is 100 Å². The summed E-state index contributed by atoms with van der Waals surface area (Å²) in [5.41, 5.74) is 6.68. The Bertz CT molecular complexity index is 1480. The predicted molar refractivity (Wildman–Crippen MR) is 177 cm³/mol. The summed E-state index contributed by atoms with van der Waals surface area (Å²) in [7, 11) is 0. The van der Waals surface area contributed by atoms with Crippen molar-refractivity contribution in [1.29, 1.82) is 0 Å². The van der Waals surface area contributed by atoms with Gasteiger partial charge in [0.15, 0.2) is 0 Å². The predicted octanol–water partition coefficient (Wildman–Crippen LogP) is 7.99. The molecule has 0 bridgehead atoms. The largest absolute Gasteiger partial charge is 0.444 e. The molecule has 0 spiro atoms. The lowest BCUT2D eigenvalue weighted by atomic mass is 9.89. The number of aromatic nitrogens is 1. The number of alkyl halides is 2. The summed E-state index contributed by atoms with van der Waals surface area (Å²) in [6, 6.07) is 21.5. The molecule has 0 unspecified atom stereocenters. The van der Waals surface area contributed by atoms with E-state index >= 15 is 0 Å². The van der Waals surface area contributed by atoms with Gasteiger partial charge in [-0.25, -0.2) is 13.6 Å². The molecule has 2 aromatic carbocycles. The van der Waals surface area contributed by atoms with Crippen LogP contribution in [-0.2, 0) is 37.2 Å². The fourth-order valence-electron chi connectivity index (χ4n) is 7.30. The Morgan fingerprint density at radius 2 is 1.67 bits per heavy atom. The number of halogens is 2. The molecule has 6 rings (SSSR count). The highest BCUT2D eigenvalue weighted by Crippen LogP contribution is 2.36. The minimum absolute atomic E-state index is 0.0312. The van der Waals surface area contributed by atoms with Crippen molar-refractivity contribution >= 4 is 6.09 Å². The van der Waals surface area contributed by atoms with Gasteiger partial charge in [0.05, 0.1) is 17.8 Å². The minimum atomic E-state index is -2.51. The number of nitrogens with zero attached hydrogens (tertiary/aromatic N) is 3. The maximum Gasteiger partial charge on any atom is 0.410 e. The summed E-state index contributed by atoms with van der Waals surface area (Å²) >= 11 is 0. The van der Waals surface area contributed by atoms with Gasteiger partial charge in [-0.3, -0.25) is 14.8 Å². The number of ether oxygens (including phenoxy) is 1. The zero-order valence-electron chi connectivity index (χ0n) is 27.5. The van der Waals surface area contributed by atoms with E-state index < -0.39 is 11.5 Å². The smallest absolute Gasteiger partial charge is 0.410 e. The van der Waals surface area contributed by atoms with Gasteiger partial charge in [-0.05, 0) is 93.2 Å². The van der Waals surface area contributed by atoms with Gasteiger partial charge in [0.1, 0.15) is 5.60 Å². The van der Waals surface area contributed by atoms with Gasteiger partial charge in [-0.2, -0.15) is 0 Å². The molecule has 2 atom stereocenters. The van der Waals surface area contributed by atoms with Crippen LogP contribution >= 0.6 is 0 Å². The second kappa shape index (κ2) is 13.8. The number of rotatable bonds is 8. The van der Waals surface area contributed by atoms with Crippen LogP contribution in [0.4, 0.5) is 13.6 Å². The lowest BCUT2D eigenvalue weighted by Crippen LogP contribution is -2.52. The Morgan fingerprint density at radius 1 is 0.978 bits per heavy atom. The van der Waals surface area contributed by atoms with E-state index in [2.05, 4.69) is 58.7 Å². The Hall–Kier alpha value is -3.36. The van der Waals surface area contributed by atoms with Crippen LogP contribution in [0.3, 0.4) is 0 Å². The maximum absolute atomic E-state index is 13.6. The Kier molecular flexibility index (Phi) is 9.76. The topological polar surface area (TPSA) is 57.7 Å². The van der Waals surface area contributed by atoms with Gasteiger partial charge < -0.3 is 10.1 Å². The molecule has 6 nitrogen and oxygen atoms in total. The van der Waals surface area contributed by atoms with Gasteiger partial charge in [-0.15, -0.1) is 0 Å². The zero-order chi connectivity index (χ0) is 32.3. The van der Waals surface area contributed by atoms with Crippen molar-refractivity contribution in [2.45, 2.75) is 121 Å². The van der Waals surface area contributed by atoms with E-state index in [0.29, 0.717) is 32.5 Å². The van der Waals surface area contributed by atoms with E-state index in [1.54, 1.807) is 0 Å². The molecule has 8 heteroatoms. The number of amides is 1. The minimum Gasteiger partial charge on any atom is -0.444 e. The first-order chi connectivity index (χ1) is 22.0. The zero-order valence-corrected chi connectivity index (χ0v) is 27.5. The van der Waals surface area contributed by atoms with Crippen molar-refractivity contribution in [2.75, 3.05) is 6.54 Å². The molecule has 1 saturated carbocycles. The molecule has 0 radical (unpaired) electrons. The lowest BCUT2D eigenvalue weighted by molar-refractivity contribution is -0.0405. The number of hydrogen-bond donors (Lipinski definition) is 1. The third-order valence-electron chi connectivity index (χ3n) is 9.76. The summed E-state index contributed by atoms with van der Waals surface area (Å²) in [4.78, 5) is 23.0. The lowest BCUT2D eigenvalue weighted by Gasteiger charge is -2.42.